The second kappa shape index (κ2) is 2.25. The minimum Gasteiger partial charge on any atom is -0.506 e. The summed E-state index contributed by atoms with van der Waals surface area (Å²) in [4.78, 5) is 3.98. The fourth-order valence-electron chi connectivity index (χ4n) is 1.73. The molecule has 0 aromatic carbocycles. The molecule has 13 heavy (non-hydrogen) atoms. The second-order valence-corrected chi connectivity index (χ2v) is 3.55. The quantitative estimate of drug-likeness (QED) is 0.718. The minimum atomic E-state index is 0.275. The zero-order valence-corrected chi connectivity index (χ0v) is 7.14. The molecule has 2 heterocycles. The lowest BCUT2D eigenvalue weighted by molar-refractivity contribution is 0.479. The van der Waals surface area contributed by atoms with Gasteiger partial charge in [-0.3, -0.25) is 4.98 Å². The molecule has 1 saturated carbocycles. The third kappa shape index (κ3) is 0.932. The fraction of sp³-hybridized carbons (Fsp3) is 0.300. The summed E-state index contributed by atoms with van der Waals surface area (Å²) in [5.41, 5.74) is 1.04. The summed E-state index contributed by atoms with van der Waals surface area (Å²) < 4.78 is 2.20. The van der Waals surface area contributed by atoms with Crippen molar-refractivity contribution in [3.63, 3.8) is 0 Å². The number of nitrogens with zero attached hydrogens (tertiary/aromatic N) is 2. The Morgan fingerprint density at radius 2 is 2.23 bits per heavy atom. The van der Waals surface area contributed by atoms with E-state index in [9.17, 15) is 5.11 Å². The molecular weight excluding hydrogens is 164 g/mol. The lowest BCUT2D eigenvalue weighted by Crippen LogP contribution is -1.90. The molecule has 3 rings (SSSR count). The van der Waals surface area contributed by atoms with E-state index < -0.39 is 0 Å². The third-order valence-electron chi connectivity index (χ3n) is 2.57. The predicted molar refractivity (Wildman–Crippen MR) is 49.7 cm³/mol. The Hall–Kier alpha value is -1.51. The zero-order valence-electron chi connectivity index (χ0n) is 7.14. The van der Waals surface area contributed by atoms with Crippen LogP contribution in [-0.2, 0) is 0 Å². The highest BCUT2D eigenvalue weighted by molar-refractivity contribution is 5.85. The van der Waals surface area contributed by atoms with Crippen LogP contribution in [0, 0.1) is 0 Å². The highest BCUT2D eigenvalue weighted by Crippen LogP contribution is 2.38. The van der Waals surface area contributed by atoms with Crippen molar-refractivity contribution in [3.05, 3.63) is 24.7 Å². The molecule has 0 atom stereocenters. The summed E-state index contributed by atoms with van der Waals surface area (Å²) in [5, 5.41) is 10.4. The second-order valence-electron chi connectivity index (χ2n) is 3.55. The monoisotopic (exact) mass is 174 g/mol. The van der Waals surface area contributed by atoms with Crippen molar-refractivity contribution in [1.29, 1.82) is 0 Å². The van der Waals surface area contributed by atoms with Crippen LogP contribution in [0.2, 0.25) is 0 Å². The molecule has 1 fully saturated rings. The van der Waals surface area contributed by atoms with Gasteiger partial charge in [-0.05, 0) is 18.9 Å². The molecule has 2 aromatic heterocycles. The first-order valence-corrected chi connectivity index (χ1v) is 4.50. The lowest BCUT2D eigenvalue weighted by atomic mass is 10.3. The third-order valence-corrected chi connectivity index (χ3v) is 2.57. The van der Waals surface area contributed by atoms with Crippen LogP contribution in [0.3, 0.4) is 0 Å². The van der Waals surface area contributed by atoms with Crippen LogP contribution in [0.1, 0.15) is 18.9 Å². The molecule has 1 aliphatic carbocycles. The topological polar surface area (TPSA) is 38.1 Å². The van der Waals surface area contributed by atoms with E-state index in [-0.39, 0.29) is 5.75 Å². The first kappa shape index (κ1) is 6.95. The average Bonchev–Trinajstić information content (AvgIpc) is 2.87. The average molecular weight is 174 g/mol. The molecule has 3 nitrogen and oxygen atoms in total. The smallest absolute Gasteiger partial charge is 0.143 e. The number of hydrogen-bond donors (Lipinski definition) is 1. The van der Waals surface area contributed by atoms with E-state index >= 15 is 0 Å². The van der Waals surface area contributed by atoms with Gasteiger partial charge in [-0.25, -0.2) is 0 Å². The molecule has 0 bridgehead atoms. The van der Waals surface area contributed by atoms with Gasteiger partial charge in [-0.15, -0.1) is 0 Å². The van der Waals surface area contributed by atoms with Crippen LogP contribution in [0.4, 0.5) is 0 Å². The number of aromatic hydroxyl groups is 1. The maximum atomic E-state index is 9.51. The molecular formula is C10H10N2O. The zero-order chi connectivity index (χ0) is 8.84. The Bertz CT molecular complexity index is 457. The molecule has 0 spiro atoms. The summed E-state index contributed by atoms with van der Waals surface area (Å²) in [6.07, 6.45) is 7.83. The molecule has 66 valence electrons. The number of aromatic nitrogens is 2. The van der Waals surface area contributed by atoms with Crippen molar-refractivity contribution in [1.82, 2.24) is 9.55 Å². The van der Waals surface area contributed by atoms with Crippen LogP contribution in [0.15, 0.2) is 24.7 Å². The molecule has 0 unspecified atom stereocenters. The van der Waals surface area contributed by atoms with Crippen LogP contribution in [-0.4, -0.2) is 14.7 Å². The van der Waals surface area contributed by atoms with Gasteiger partial charge in [0.05, 0.1) is 17.9 Å². The van der Waals surface area contributed by atoms with Crippen LogP contribution in [0.5, 0.6) is 5.75 Å². The Balaban J connectivity index is 2.32. The molecule has 3 heteroatoms. The van der Waals surface area contributed by atoms with E-state index in [2.05, 4.69) is 9.55 Å². The molecule has 0 saturated heterocycles. The van der Waals surface area contributed by atoms with E-state index in [0.29, 0.717) is 6.04 Å². The SMILES string of the molecule is Oc1cncc2c1ccn2C1CC1. The van der Waals surface area contributed by atoms with E-state index in [0.717, 1.165) is 10.9 Å². The largest absolute Gasteiger partial charge is 0.506 e. The highest BCUT2D eigenvalue weighted by atomic mass is 16.3. The van der Waals surface area contributed by atoms with Gasteiger partial charge in [0.2, 0.25) is 0 Å². The number of pyridine rings is 1. The van der Waals surface area contributed by atoms with Crippen molar-refractivity contribution in [2.75, 3.05) is 0 Å². The first-order valence-electron chi connectivity index (χ1n) is 4.50. The summed E-state index contributed by atoms with van der Waals surface area (Å²) in [5.74, 6) is 0.275. The van der Waals surface area contributed by atoms with Gasteiger partial charge in [0.1, 0.15) is 5.75 Å². The Morgan fingerprint density at radius 1 is 1.38 bits per heavy atom. The van der Waals surface area contributed by atoms with E-state index in [1.54, 1.807) is 0 Å². The fourth-order valence-corrected chi connectivity index (χ4v) is 1.73. The summed E-state index contributed by atoms with van der Waals surface area (Å²) in [6.45, 7) is 0. The van der Waals surface area contributed by atoms with Crippen LogP contribution >= 0.6 is 0 Å². The van der Waals surface area contributed by atoms with Gasteiger partial charge >= 0.3 is 0 Å². The van der Waals surface area contributed by atoms with Gasteiger partial charge in [0, 0.05) is 17.6 Å². The van der Waals surface area contributed by atoms with Crippen LogP contribution < -0.4 is 0 Å². The summed E-state index contributed by atoms with van der Waals surface area (Å²) >= 11 is 0. The summed E-state index contributed by atoms with van der Waals surface area (Å²) in [6, 6.07) is 2.59. The van der Waals surface area contributed by atoms with E-state index in [4.69, 9.17) is 0 Å². The van der Waals surface area contributed by atoms with Crippen molar-refractivity contribution in [2.45, 2.75) is 18.9 Å². The molecule has 2 aromatic rings. The van der Waals surface area contributed by atoms with Gasteiger partial charge in [0.15, 0.2) is 0 Å². The molecule has 1 N–H and O–H groups in total. The molecule has 1 aliphatic rings. The van der Waals surface area contributed by atoms with Crippen molar-refractivity contribution in [2.24, 2.45) is 0 Å². The number of hydrogen-bond acceptors (Lipinski definition) is 2. The van der Waals surface area contributed by atoms with E-state index in [1.807, 2.05) is 18.5 Å². The Labute approximate surface area is 75.6 Å². The van der Waals surface area contributed by atoms with Crippen molar-refractivity contribution < 1.29 is 5.11 Å². The Kier molecular flexibility index (Phi) is 1.20. The maximum absolute atomic E-state index is 9.51. The van der Waals surface area contributed by atoms with Gasteiger partial charge in [-0.1, -0.05) is 0 Å². The minimum absolute atomic E-state index is 0.275. The normalized spacial score (nSPS) is 16.6. The van der Waals surface area contributed by atoms with E-state index in [1.165, 1.54) is 19.0 Å². The van der Waals surface area contributed by atoms with Crippen molar-refractivity contribution >= 4 is 10.9 Å². The molecule has 0 radical (unpaired) electrons. The standard InChI is InChI=1S/C10H10N2O/c13-10-6-11-5-9-8(10)3-4-12(9)7-1-2-7/h3-7,13H,1-2H2. The number of rotatable bonds is 1. The van der Waals surface area contributed by atoms with Gasteiger partial charge < -0.3 is 9.67 Å². The maximum Gasteiger partial charge on any atom is 0.143 e. The van der Waals surface area contributed by atoms with Crippen molar-refractivity contribution in [3.8, 4) is 5.75 Å². The first-order chi connectivity index (χ1) is 6.36. The summed E-state index contributed by atoms with van der Waals surface area (Å²) in [7, 11) is 0. The highest BCUT2D eigenvalue weighted by Gasteiger charge is 2.24. The molecule has 0 aliphatic heterocycles. The Morgan fingerprint density at radius 3 is 3.00 bits per heavy atom. The van der Waals surface area contributed by atoms with Gasteiger partial charge in [0.25, 0.3) is 0 Å². The lowest BCUT2D eigenvalue weighted by Gasteiger charge is -2.01. The number of fused-ring (bicyclic) bond motifs is 1. The van der Waals surface area contributed by atoms with Crippen LogP contribution in [0.25, 0.3) is 10.9 Å². The molecule has 0 amide bonds. The van der Waals surface area contributed by atoms with Gasteiger partial charge in [-0.2, -0.15) is 0 Å². The predicted octanol–water partition coefficient (Wildman–Crippen LogP) is 2.08.